The Labute approximate surface area is 161 Å². The van der Waals surface area contributed by atoms with Gasteiger partial charge in [0.25, 0.3) is 0 Å². The van der Waals surface area contributed by atoms with E-state index in [1.54, 1.807) is 42.8 Å². The van der Waals surface area contributed by atoms with E-state index < -0.39 is 10.0 Å². The first-order valence-corrected chi connectivity index (χ1v) is 10.5. The molecule has 0 atom stereocenters. The summed E-state index contributed by atoms with van der Waals surface area (Å²) in [4.78, 5) is 2.62. The second kappa shape index (κ2) is 8.73. The van der Waals surface area contributed by atoms with Crippen LogP contribution in [-0.2, 0) is 16.4 Å². The number of hydrogen-bond acceptors (Lipinski definition) is 5. The molecule has 1 saturated heterocycles. The molecular formula is C20H26N2O4S. The Morgan fingerprint density at radius 3 is 1.85 bits per heavy atom. The quantitative estimate of drug-likeness (QED) is 0.726. The highest BCUT2D eigenvalue weighted by molar-refractivity contribution is 7.89. The van der Waals surface area contributed by atoms with Crippen molar-refractivity contribution in [1.82, 2.24) is 9.21 Å². The van der Waals surface area contributed by atoms with Crippen molar-refractivity contribution >= 4 is 10.0 Å². The van der Waals surface area contributed by atoms with Gasteiger partial charge in [-0.1, -0.05) is 12.1 Å². The highest BCUT2D eigenvalue weighted by Gasteiger charge is 2.28. The minimum absolute atomic E-state index is 0.315. The fraction of sp³-hybridized carbons (Fsp3) is 0.400. The van der Waals surface area contributed by atoms with Crippen molar-refractivity contribution in [1.29, 1.82) is 0 Å². The molecule has 0 amide bonds. The van der Waals surface area contributed by atoms with E-state index in [-0.39, 0.29) is 0 Å². The Balaban J connectivity index is 1.52. The standard InChI is InChI=1S/C20H26N2O4S/c1-25-18-5-3-17(4-6-18)11-12-21-13-15-22(16-14-21)27(23,24)20-9-7-19(26-2)8-10-20/h3-10H,11-16H2,1-2H3. The summed E-state index contributed by atoms with van der Waals surface area (Å²) in [7, 11) is -0.223. The first-order chi connectivity index (χ1) is 13.0. The van der Waals surface area contributed by atoms with Crippen molar-refractivity contribution in [2.75, 3.05) is 46.9 Å². The summed E-state index contributed by atoms with van der Waals surface area (Å²) in [5.41, 5.74) is 1.25. The summed E-state index contributed by atoms with van der Waals surface area (Å²) < 4.78 is 37.4. The molecule has 2 aromatic rings. The van der Waals surface area contributed by atoms with Gasteiger partial charge in [0.1, 0.15) is 11.5 Å². The van der Waals surface area contributed by atoms with E-state index in [1.807, 2.05) is 12.1 Å². The van der Waals surface area contributed by atoms with Crippen LogP contribution in [0.5, 0.6) is 11.5 Å². The number of sulfonamides is 1. The van der Waals surface area contributed by atoms with Crippen LogP contribution in [0.2, 0.25) is 0 Å². The first kappa shape index (κ1) is 19.7. The van der Waals surface area contributed by atoms with Gasteiger partial charge in [-0.15, -0.1) is 0 Å². The van der Waals surface area contributed by atoms with Crippen molar-refractivity contribution in [3.05, 3.63) is 54.1 Å². The molecule has 6 nitrogen and oxygen atoms in total. The molecule has 146 valence electrons. The summed E-state index contributed by atoms with van der Waals surface area (Å²) in [5.74, 6) is 1.51. The third kappa shape index (κ3) is 4.80. The second-order valence-electron chi connectivity index (χ2n) is 6.52. The Hall–Kier alpha value is -2.09. The summed E-state index contributed by atoms with van der Waals surface area (Å²) in [6, 6.07) is 14.6. The van der Waals surface area contributed by atoms with Gasteiger partial charge in [0, 0.05) is 32.7 Å². The van der Waals surface area contributed by atoms with Gasteiger partial charge in [-0.2, -0.15) is 4.31 Å². The Kier molecular flexibility index (Phi) is 6.36. The van der Waals surface area contributed by atoms with Crippen molar-refractivity contribution in [2.45, 2.75) is 11.3 Å². The van der Waals surface area contributed by atoms with Crippen LogP contribution in [-0.4, -0.2) is 64.6 Å². The molecular weight excluding hydrogens is 364 g/mol. The van der Waals surface area contributed by atoms with Gasteiger partial charge in [0.05, 0.1) is 19.1 Å². The molecule has 0 radical (unpaired) electrons. The molecule has 0 bridgehead atoms. The van der Waals surface area contributed by atoms with E-state index >= 15 is 0 Å². The Morgan fingerprint density at radius 1 is 0.815 bits per heavy atom. The molecule has 1 aliphatic rings. The van der Waals surface area contributed by atoms with Crippen LogP contribution in [0.3, 0.4) is 0 Å². The van der Waals surface area contributed by atoms with Crippen LogP contribution < -0.4 is 9.47 Å². The molecule has 2 aromatic carbocycles. The van der Waals surface area contributed by atoms with E-state index in [1.165, 1.54) is 5.56 Å². The van der Waals surface area contributed by atoms with Gasteiger partial charge >= 0.3 is 0 Å². The Bertz CT molecular complexity index is 827. The number of piperazine rings is 1. The topological polar surface area (TPSA) is 59.1 Å². The average molecular weight is 391 g/mol. The number of methoxy groups -OCH3 is 2. The van der Waals surface area contributed by atoms with Crippen LogP contribution in [0, 0.1) is 0 Å². The maximum Gasteiger partial charge on any atom is 0.243 e. The van der Waals surface area contributed by atoms with Crippen molar-refractivity contribution in [3.63, 3.8) is 0 Å². The normalized spacial score (nSPS) is 16.2. The molecule has 0 aliphatic carbocycles. The van der Waals surface area contributed by atoms with E-state index in [9.17, 15) is 8.42 Å². The third-order valence-corrected chi connectivity index (χ3v) is 6.82. The lowest BCUT2D eigenvalue weighted by molar-refractivity contribution is 0.190. The lowest BCUT2D eigenvalue weighted by Gasteiger charge is -2.34. The highest BCUT2D eigenvalue weighted by atomic mass is 32.2. The third-order valence-electron chi connectivity index (χ3n) is 4.90. The lowest BCUT2D eigenvalue weighted by Crippen LogP contribution is -2.48. The van der Waals surface area contributed by atoms with Gasteiger partial charge in [-0.05, 0) is 48.4 Å². The van der Waals surface area contributed by atoms with Crippen LogP contribution in [0.1, 0.15) is 5.56 Å². The van der Waals surface area contributed by atoms with Gasteiger partial charge in [0.15, 0.2) is 0 Å². The van der Waals surface area contributed by atoms with Gasteiger partial charge in [-0.25, -0.2) is 8.42 Å². The Morgan fingerprint density at radius 2 is 1.33 bits per heavy atom. The molecule has 7 heteroatoms. The molecule has 1 heterocycles. The summed E-state index contributed by atoms with van der Waals surface area (Å²) >= 11 is 0. The van der Waals surface area contributed by atoms with Gasteiger partial charge in [-0.3, -0.25) is 0 Å². The number of rotatable bonds is 7. The van der Waals surface area contributed by atoms with Crippen LogP contribution in [0.15, 0.2) is 53.4 Å². The highest BCUT2D eigenvalue weighted by Crippen LogP contribution is 2.21. The molecule has 1 aliphatic heterocycles. The van der Waals surface area contributed by atoms with E-state index in [4.69, 9.17) is 9.47 Å². The molecule has 27 heavy (non-hydrogen) atoms. The zero-order valence-electron chi connectivity index (χ0n) is 15.8. The van der Waals surface area contributed by atoms with Crippen molar-refractivity contribution in [2.24, 2.45) is 0 Å². The lowest BCUT2D eigenvalue weighted by atomic mass is 10.1. The van der Waals surface area contributed by atoms with E-state index in [0.29, 0.717) is 23.7 Å². The van der Waals surface area contributed by atoms with Crippen LogP contribution >= 0.6 is 0 Å². The van der Waals surface area contributed by atoms with E-state index in [0.717, 1.165) is 31.8 Å². The SMILES string of the molecule is COc1ccc(CCN2CCN(S(=O)(=O)c3ccc(OC)cc3)CC2)cc1. The van der Waals surface area contributed by atoms with Crippen LogP contribution in [0.4, 0.5) is 0 Å². The minimum Gasteiger partial charge on any atom is -0.497 e. The monoisotopic (exact) mass is 390 g/mol. The molecule has 0 aromatic heterocycles. The molecule has 0 saturated carbocycles. The minimum atomic E-state index is -3.45. The summed E-state index contributed by atoms with van der Waals surface area (Å²) in [6.07, 6.45) is 0.940. The zero-order valence-corrected chi connectivity index (χ0v) is 16.6. The van der Waals surface area contributed by atoms with Gasteiger partial charge < -0.3 is 14.4 Å². The molecule has 0 unspecified atom stereocenters. The van der Waals surface area contributed by atoms with Crippen LogP contribution in [0.25, 0.3) is 0 Å². The van der Waals surface area contributed by atoms with E-state index in [2.05, 4.69) is 17.0 Å². The fourth-order valence-electron chi connectivity index (χ4n) is 3.17. The predicted octanol–water partition coefficient (Wildman–Crippen LogP) is 2.25. The number of benzene rings is 2. The maximum atomic E-state index is 12.8. The van der Waals surface area contributed by atoms with Crippen molar-refractivity contribution < 1.29 is 17.9 Å². The zero-order chi connectivity index (χ0) is 19.3. The van der Waals surface area contributed by atoms with Gasteiger partial charge in [0.2, 0.25) is 10.0 Å². The summed E-state index contributed by atoms with van der Waals surface area (Å²) in [5, 5.41) is 0. The van der Waals surface area contributed by atoms with Crippen molar-refractivity contribution in [3.8, 4) is 11.5 Å². The fourth-order valence-corrected chi connectivity index (χ4v) is 4.59. The first-order valence-electron chi connectivity index (χ1n) is 9.02. The maximum absolute atomic E-state index is 12.8. The number of ether oxygens (including phenoxy) is 2. The molecule has 0 N–H and O–H groups in total. The smallest absolute Gasteiger partial charge is 0.243 e. The molecule has 1 fully saturated rings. The molecule has 0 spiro atoms. The average Bonchev–Trinajstić information content (AvgIpc) is 2.73. The molecule has 3 rings (SSSR count). The number of nitrogens with zero attached hydrogens (tertiary/aromatic N) is 2. The predicted molar refractivity (Wildman–Crippen MR) is 105 cm³/mol. The summed E-state index contributed by atoms with van der Waals surface area (Å²) in [6.45, 7) is 3.42. The second-order valence-corrected chi connectivity index (χ2v) is 8.46. The largest absolute Gasteiger partial charge is 0.497 e. The number of hydrogen-bond donors (Lipinski definition) is 0.